The summed E-state index contributed by atoms with van der Waals surface area (Å²) in [5, 5.41) is 8.86. The Morgan fingerprint density at radius 2 is 2.05 bits per heavy atom. The van der Waals surface area contributed by atoms with Crippen LogP contribution in [0.25, 0.3) is 0 Å². The van der Waals surface area contributed by atoms with Gasteiger partial charge in [0, 0.05) is 25.8 Å². The van der Waals surface area contributed by atoms with Crippen molar-refractivity contribution in [2.45, 2.75) is 25.9 Å². The Hall–Kier alpha value is -1.03. The van der Waals surface area contributed by atoms with Crippen molar-refractivity contribution in [3.8, 4) is 0 Å². The number of nitrogens with one attached hydrogen (secondary N) is 1. The number of hydrogen-bond donors (Lipinski definition) is 1. The molecule has 1 aromatic carbocycles. The normalized spacial score (nSPS) is 12.6. The second-order valence-corrected chi connectivity index (χ2v) is 5.28. The van der Waals surface area contributed by atoms with Gasteiger partial charge in [-0.25, -0.2) is 0 Å². The molecule has 19 heavy (non-hydrogen) atoms. The fraction of sp³-hybridized carbons (Fsp3) is 0.357. The highest BCUT2D eigenvalue weighted by atomic mass is 35.5. The molecule has 0 fully saturated rings. The van der Waals surface area contributed by atoms with Crippen LogP contribution in [0.1, 0.15) is 30.6 Å². The molecule has 1 atom stereocenters. The van der Waals surface area contributed by atoms with Gasteiger partial charge < -0.3 is 5.32 Å². The Bertz CT molecular complexity index is 551. The smallest absolute Gasteiger partial charge is 0.0595 e. The third-order valence-electron chi connectivity index (χ3n) is 3.21. The summed E-state index contributed by atoms with van der Waals surface area (Å²) in [5.74, 6) is 0. The van der Waals surface area contributed by atoms with Crippen molar-refractivity contribution in [1.29, 1.82) is 0 Å². The van der Waals surface area contributed by atoms with Gasteiger partial charge in [0.25, 0.3) is 0 Å². The fourth-order valence-corrected chi connectivity index (χ4v) is 2.34. The van der Waals surface area contributed by atoms with Crippen LogP contribution >= 0.6 is 23.2 Å². The molecule has 0 radical (unpaired) electrons. The molecule has 0 aliphatic rings. The number of benzene rings is 1. The number of hydrogen-bond acceptors (Lipinski definition) is 2. The van der Waals surface area contributed by atoms with E-state index < -0.39 is 0 Å². The molecule has 0 bridgehead atoms. The molecule has 0 aliphatic carbocycles. The summed E-state index contributed by atoms with van der Waals surface area (Å²) >= 11 is 12.0. The molecule has 0 aliphatic heterocycles. The molecule has 102 valence electrons. The van der Waals surface area contributed by atoms with Crippen LogP contribution in [0.4, 0.5) is 0 Å². The largest absolute Gasteiger partial charge is 0.304 e. The van der Waals surface area contributed by atoms with Gasteiger partial charge in [0.2, 0.25) is 0 Å². The Balaban J connectivity index is 2.07. The second kappa shape index (κ2) is 6.42. The summed E-state index contributed by atoms with van der Waals surface area (Å²) < 4.78 is 1.87. The number of rotatable bonds is 5. The van der Waals surface area contributed by atoms with Crippen LogP contribution in [-0.2, 0) is 13.6 Å². The quantitative estimate of drug-likeness (QED) is 0.905. The molecule has 2 rings (SSSR count). The lowest BCUT2D eigenvalue weighted by atomic mass is 10.0. The maximum absolute atomic E-state index is 6.07. The predicted molar refractivity (Wildman–Crippen MR) is 79.5 cm³/mol. The molecular weight excluding hydrogens is 281 g/mol. The van der Waals surface area contributed by atoms with E-state index in [4.69, 9.17) is 23.2 Å². The first kappa shape index (κ1) is 14.4. The lowest BCUT2D eigenvalue weighted by Crippen LogP contribution is -2.21. The topological polar surface area (TPSA) is 29.9 Å². The first-order valence-corrected chi connectivity index (χ1v) is 7.02. The Morgan fingerprint density at radius 1 is 1.26 bits per heavy atom. The molecule has 0 saturated carbocycles. The summed E-state index contributed by atoms with van der Waals surface area (Å²) in [6, 6.07) is 8.04. The minimum Gasteiger partial charge on any atom is -0.304 e. The zero-order valence-corrected chi connectivity index (χ0v) is 12.5. The molecule has 0 amide bonds. The van der Waals surface area contributed by atoms with E-state index >= 15 is 0 Å². The first-order chi connectivity index (χ1) is 9.11. The Labute approximate surface area is 123 Å². The van der Waals surface area contributed by atoms with Crippen LogP contribution in [0.3, 0.4) is 0 Å². The Morgan fingerprint density at radius 3 is 2.63 bits per heavy atom. The highest BCUT2D eigenvalue weighted by molar-refractivity contribution is 6.42. The Kier molecular flexibility index (Phi) is 4.86. The van der Waals surface area contributed by atoms with Gasteiger partial charge in [-0.05, 0) is 30.2 Å². The van der Waals surface area contributed by atoms with Gasteiger partial charge in [0.1, 0.15) is 0 Å². The summed E-state index contributed by atoms with van der Waals surface area (Å²) in [6.07, 6.45) is 2.78. The number of aromatic nitrogens is 2. The molecule has 1 heterocycles. The fourth-order valence-electron chi connectivity index (χ4n) is 2.03. The van der Waals surface area contributed by atoms with Gasteiger partial charge in [0.15, 0.2) is 0 Å². The van der Waals surface area contributed by atoms with Crippen molar-refractivity contribution in [3.05, 3.63) is 51.8 Å². The third-order valence-corrected chi connectivity index (χ3v) is 3.95. The molecule has 5 heteroatoms. The molecular formula is C14H17Cl2N3. The van der Waals surface area contributed by atoms with Gasteiger partial charge in [0.05, 0.1) is 15.7 Å². The monoisotopic (exact) mass is 297 g/mol. The molecule has 1 N–H and O–H groups in total. The van der Waals surface area contributed by atoms with Crippen LogP contribution in [0.15, 0.2) is 30.5 Å². The van der Waals surface area contributed by atoms with Crippen molar-refractivity contribution in [1.82, 2.24) is 15.1 Å². The zero-order valence-electron chi connectivity index (χ0n) is 11.0. The predicted octanol–water partition coefficient (Wildman–Crippen LogP) is 3.97. The zero-order chi connectivity index (χ0) is 13.8. The van der Waals surface area contributed by atoms with Gasteiger partial charge in [-0.3, -0.25) is 4.68 Å². The van der Waals surface area contributed by atoms with Crippen molar-refractivity contribution in [2.24, 2.45) is 7.05 Å². The van der Waals surface area contributed by atoms with E-state index in [-0.39, 0.29) is 6.04 Å². The van der Waals surface area contributed by atoms with Crippen LogP contribution in [-0.4, -0.2) is 9.78 Å². The number of halogens is 2. The van der Waals surface area contributed by atoms with Gasteiger partial charge in [-0.1, -0.05) is 36.2 Å². The van der Waals surface area contributed by atoms with E-state index in [9.17, 15) is 0 Å². The van der Waals surface area contributed by atoms with Crippen LogP contribution in [0, 0.1) is 0 Å². The van der Waals surface area contributed by atoms with Crippen LogP contribution in [0.5, 0.6) is 0 Å². The molecule has 1 aromatic heterocycles. The summed E-state index contributed by atoms with van der Waals surface area (Å²) in [6.45, 7) is 2.92. The van der Waals surface area contributed by atoms with Crippen molar-refractivity contribution in [3.63, 3.8) is 0 Å². The standard InChI is InChI=1S/C14H17Cl2N3/c1-3-14(10-4-5-12(15)13(16)8-10)17-9-11-6-7-18-19(11)2/h4-8,14,17H,3,9H2,1-2H3. The second-order valence-electron chi connectivity index (χ2n) is 4.46. The van der Waals surface area contributed by atoms with Gasteiger partial charge in [-0.2, -0.15) is 5.10 Å². The maximum Gasteiger partial charge on any atom is 0.0595 e. The third kappa shape index (κ3) is 3.50. The van der Waals surface area contributed by atoms with E-state index in [1.165, 1.54) is 0 Å². The highest BCUT2D eigenvalue weighted by Gasteiger charge is 2.11. The minimum absolute atomic E-state index is 0.254. The summed E-state index contributed by atoms with van der Waals surface area (Å²) in [4.78, 5) is 0. The van der Waals surface area contributed by atoms with Gasteiger partial charge in [-0.15, -0.1) is 0 Å². The summed E-state index contributed by atoms with van der Waals surface area (Å²) in [7, 11) is 1.94. The van der Waals surface area contributed by atoms with Crippen molar-refractivity contribution < 1.29 is 0 Å². The molecule has 0 saturated heterocycles. The van der Waals surface area contributed by atoms with Crippen LogP contribution in [0.2, 0.25) is 10.0 Å². The van der Waals surface area contributed by atoms with Gasteiger partial charge >= 0.3 is 0 Å². The average Bonchev–Trinajstić information content (AvgIpc) is 2.80. The summed E-state index contributed by atoms with van der Waals surface area (Å²) in [5.41, 5.74) is 2.30. The molecule has 1 unspecified atom stereocenters. The maximum atomic E-state index is 6.07. The highest BCUT2D eigenvalue weighted by Crippen LogP contribution is 2.27. The molecule has 3 nitrogen and oxygen atoms in total. The minimum atomic E-state index is 0.254. The average molecular weight is 298 g/mol. The lowest BCUT2D eigenvalue weighted by molar-refractivity contribution is 0.503. The van der Waals surface area contributed by atoms with E-state index in [0.29, 0.717) is 10.0 Å². The number of aryl methyl sites for hydroxylation is 1. The van der Waals surface area contributed by atoms with Crippen LogP contribution < -0.4 is 5.32 Å². The van der Waals surface area contributed by atoms with Crippen molar-refractivity contribution >= 4 is 23.2 Å². The molecule has 2 aromatic rings. The van der Waals surface area contributed by atoms with E-state index in [1.807, 2.05) is 36.0 Å². The molecule has 0 spiro atoms. The number of nitrogens with zero attached hydrogens (tertiary/aromatic N) is 2. The van der Waals surface area contributed by atoms with E-state index in [2.05, 4.69) is 17.3 Å². The lowest BCUT2D eigenvalue weighted by Gasteiger charge is -2.18. The first-order valence-electron chi connectivity index (χ1n) is 6.27. The van der Waals surface area contributed by atoms with E-state index in [0.717, 1.165) is 24.2 Å². The van der Waals surface area contributed by atoms with E-state index in [1.54, 1.807) is 6.20 Å². The SMILES string of the molecule is CCC(NCc1ccnn1C)c1ccc(Cl)c(Cl)c1. The van der Waals surface area contributed by atoms with Crippen molar-refractivity contribution in [2.75, 3.05) is 0 Å².